The Hall–Kier alpha value is -4.35. The Morgan fingerprint density at radius 3 is 2.79 bits per heavy atom. The maximum Gasteiger partial charge on any atom is 0.252 e. The molecule has 12 heteroatoms. The van der Waals surface area contributed by atoms with Gasteiger partial charge in [0.25, 0.3) is 5.91 Å². The normalized spacial score (nSPS) is 13.1. The molecule has 34 heavy (non-hydrogen) atoms. The standard InChI is InChI=1S/C22H23N9O3/c1-11-18(30-31(19(11)13-4-5-13)10-17-29-28-12(2)34-17)22-25-9-16(33-3)21(27-22)26-15-6-7-24-8-14(15)20(23)32/h6-9,13H,4-5,10H2,1-3H3,(H2,23,32)(H,24,25,26,27). The molecule has 0 radical (unpaired) electrons. The maximum atomic E-state index is 11.8. The summed E-state index contributed by atoms with van der Waals surface area (Å²) in [5.41, 5.74) is 8.93. The molecule has 4 heterocycles. The van der Waals surface area contributed by atoms with E-state index in [-0.39, 0.29) is 5.56 Å². The fourth-order valence-electron chi connectivity index (χ4n) is 3.85. The van der Waals surface area contributed by atoms with E-state index in [1.165, 1.54) is 13.3 Å². The number of nitrogens with one attached hydrogen (secondary N) is 1. The highest BCUT2D eigenvalue weighted by Gasteiger charge is 2.32. The Kier molecular flexibility index (Phi) is 5.40. The van der Waals surface area contributed by atoms with Crippen molar-refractivity contribution >= 4 is 17.4 Å². The van der Waals surface area contributed by atoms with Crippen LogP contribution >= 0.6 is 0 Å². The Bertz CT molecular complexity index is 1370. The lowest BCUT2D eigenvalue weighted by atomic mass is 10.1. The number of pyridine rings is 1. The first-order chi connectivity index (χ1) is 16.4. The molecule has 1 aliphatic carbocycles. The molecule has 0 saturated heterocycles. The number of primary amides is 1. The van der Waals surface area contributed by atoms with Crippen molar-refractivity contribution in [2.45, 2.75) is 39.2 Å². The summed E-state index contributed by atoms with van der Waals surface area (Å²) in [6, 6.07) is 1.64. The quantitative estimate of drug-likeness (QED) is 0.399. The highest BCUT2D eigenvalue weighted by Crippen LogP contribution is 2.43. The Morgan fingerprint density at radius 1 is 1.29 bits per heavy atom. The molecule has 1 saturated carbocycles. The number of amides is 1. The van der Waals surface area contributed by atoms with Gasteiger partial charge in [0.1, 0.15) is 12.2 Å². The number of methoxy groups -OCH3 is 1. The predicted molar refractivity (Wildman–Crippen MR) is 121 cm³/mol. The summed E-state index contributed by atoms with van der Waals surface area (Å²) in [5.74, 6) is 2.00. The van der Waals surface area contributed by atoms with E-state index >= 15 is 0 Å². The molecule has 4 aromatic rings. The van der Waals surface area contributed by atoms with Crippen LogP contribution in [0, 0.1) is 13.8 Å². The minimum atomic E-state index is -0.608. The topological polar surface area (TPSA) is 160 Å². The lowest BCUT2D eigenvalue weighted by Gasteiger charge is -2.12. The van der Waals surface area contributed by atoms with Crippen LogP contribution in [-0.4, -0.2) is 47.9 Å². The van der Waals surface area contributed by atoms with E-state index in [1.807, 2.05) is 11.6 Å². The van der Waals surface area contributed by atoms with Crippen LogP contribution in [0.3, 0.4) is 0 Å². The number of nitrogens with two attached hydrogens (primary N) is 1. The van der Waals surface area contributed by atoms with E-state index in [2.05, 4.69) is 30.5 Å². The van der Waals surface area contributed by atoms with Crippen molar-refractivity contribution in [3.63, 3.8) is 0 Å². The van der Waals surface area contributed by atoms with Gasteiger partial charge in [0, 0.05) is 36.5 Å². The van der Waals surface area contributed by atoms with Crippen LogP contribution < -0.4 is 15.8 Å². The van der Waals surface area contributed by atoms with Crippen LogP contribution in [0.25, 0.3) is 11.5 Å². The Balaban J connectivity index is 1.54. The maximum absolute atomic E-state index is 11.8. The number of hydrogen-bond acceptors (Lipinski definition) is 10. The van der Waals surface area contributed by atoms with E-state index in [4.69, 9.17) is 20.0 Å². The Labute approximate surface area is 194 Å². The third-order valence-corrected chi connectivity index (χ3v) is 5.58. The molecule has 1 aliphatic rings. The molecule has 5 rings (SSSR count). The van der Waals surface area contributed by atoms with Crippen molar-refractivity contribution in [3.05, 3.63) is 53.3 Å². The summed E-state index contributed by atoms with van der Waals surface area (Å²) >= 11 is 0. The first kappa shape index (κ1) is 21.5. The van der Waals surface area contributed by atoms with E-state index in [9.17, 15) is 4.79 Å². The first-order valence-corrected chi connectivity index (χ1v) is 10.7. The van der Waals surface area contributed by atoms with Crippen molar-refractivity contribution in [1.82, 2.24) is 34.9 Å². The number of nitrogens with zero attached hydrogens (tertiary/aromatic N) is 7. The fourth-order valence-corrected chi connectivity index (χ4v) is 3.85. The van der Waals surface area contributed by atoms with Gasteiger partial charge in [-0.2, -0.15) is 5.10 Å². The fraction of sp³-hybridized carbons (Fsp3) is 0.318. The van der Waals surface area contributed by atoms with E-state index in [0.717, 1.165) is 24.1 Å². The highest BCUT2D eigenvalue weighted by atomic mass is 16.5. The van der Waals surface area contributed by atoms with E-state index < -0.39 is 5.91 Å². The minimum absolute atomic E-state index is 0.232. The molecular weight excluding hydrogens is 438 g/mol. The number of aryl methyl sites for hydroxylation is 1. The van der Waals surface area contributed by atoms with Gasteiger partial charge in [-0.1, -0.05) is 0 Å². The van der Waals surface area contributed by atoms with Gasteiger partial charge in [0.05, 0.1) is 24.6 Å². The summed E-state index contributed by atoms with van der Waals surface area (Å²) in [7, 11) is 1.52. The second-order valence-corrected chi connectivity index (χ2v) is 8.03. The van der Waals surface area contributed by atoms with Crippen LogP contribution in [0.2, 0.25) is 0 Å². The van der Waals surface area contributed by atoms with Crippen molar-refractivity contribution in [2.75, 3.05) is 12.4 Å². The monoisotopic (exact) mass is 461 g/mol. The summed E-state index contributed by atoms with van der Waals surface area (Å²) in [4.78, 5) is 24.9. The van der Waals surface area contributed by atoms with Crippen LogP contribution in [-0.2, 0) is 6.54 Å². The van der Waals surface area contributed by atoms with Gasteiger partial charge in [-0.25, -0.2) is 9.97 Å². The van der Waals surface area contributed by atoms with Gasteiger partial charge < -0.3 is 20.2 Å². The molecule has 4 aromatic heterocycles. The summed E-state index contributed by atoms with van der Waals surface area (Å²) in [6.07, 6.45) is 6.71. The van der Waals surface area contributed by atoms with Gasteiger partial charge in [0.2, 0.25) is 11.8 Å². The second kappa shape index (κ2) is 8.54. The van der Waals surface area contributed by atoms with E-state index in [1.54, 1.807) is 25.4 Å². The number of aromatic nitrogens is 7. The van der Waals surface area contributed by atoms with Crippen molar-refractivity contribution < 1.29 is 13.9 Å². The molecule has 12 nitrogen and oxygen atoms in total. The summed E-state index contributed by atoms with van der Waals surface area (Å²) < 4.78 is 12.9. The number of hydrogen-bond donors (Lipinski definition) is 2. The van der Waals surface area contributed by atoms with Gasteiger partial charge in [0.15, 0.2) is 17.4 Å². The smallest absolute Gasteiger partial charge is 0.252 e. The van der Waals surface area contributed by atoms with Crippen molar-refractivity contribution in [2.24, 2.45) is 5.73 Å². The van der Waals surface area contributed by atoms with Crippen LogP contribution in [0.5, 0.6) is 5.75 Å². The number of carbonyl (C=O) groups excluding carboxylic acids is 1. The number of rotatable bonds is 8. The van der Waals surface area contributed by atoms with Crippen LogP contribution in [0.15, 0.2) is 29.1 Å². The molecule has 0 unspecified atom stereocenters. The molecule has 0 atom stereocenters. The largest absolute Gasteiger partial charge is 0.491 e. The van der Waals surface area contributed by atoms with E-state index in [0.29, 0.717) is 53.0 Å². The first-order valence-electron chi connectivity index (χ1n) is 10.7. The minimum Gasteiger partial charge on any atom is -0.491 e. The van der Waals surface area contributed by atoms with Crippen LogP contribution in [0.1, 0.15) is 52.2 Å². The number of carbonyl (C=O) groups is 1. The molecule has 1 fully saturated rings. The second-order valence-electron chi connectivity index (χ2n) is 8.03. The van der Waals surface area contributed by atoms with Gasteiger partial charge >= 0.3 is 0 Å². The molecule has 1 amide bonds. The zero-order valence-electron chi connectivity index (χ0n) is 18.9. The lowest BCUT2D eigenvalue weighted by Crippen LogP contribution is -2.14. The number of ether oxygens (including phenoxy) is 1. The third kappa shape index (κ3) is 4.05. The molecule has 0 bridgehead atoms. The molecular formula is C22H23N9O3. The highest BCUT2D eigenvalue weighted by molar-refractivity contribution is 5.98. The summed E-state index contributed by atoms with van der Waals surface area (Å²) in [6.45, 7) is 4.14. The molecule has 3 N–H and O–H groups in total. The summed E-state index contributed by atoms with van der Waals surface area (Å²) in [5, 5.41) is 15.9. The average molecular weight is 461 g/mol. The van der Waals surface area contributed by atoms with Crippen molar-refractivity contribution in [1.29, 1.82) is 0 Å². The molecule has 0 spiro atoms. The average Bonchev–Trinajstić information content (AvgIpc) is 3.49. The zero-order valence-corrected chi connectivity index (χ0v) is 18.9. The molecule has 0 aromatic carbocycles. The van der Waals surface area contributed by atoms with Gasteiger partial charge in [-0.05, 0) is 25.8 Å². The molecule has 174 valence electrons. The van der Waals surface area contributed by atoms with Crippen molar-refractivity contribution in [3.8, 4) is 17.3 Å². The zero-order chi connectivity index (χ0) is 23.8. The van der Waals surface area contributed by atoms with Gasteiger partial charge in [-0.15, -0.1) is 10.2 Å². The lowest BCUT2D eigenvalue weighted by molar-refractivity contribution is 0.100. The SMILES string of the molecule is COc1cnc(-c2nn(Cc3nnc(C)o3)c(C3CC3)c2C)nc1Nc1ccncc1C(N)=O. The number of anilines is 2. The predicted octanol–water partition coefficient (Wildman–Crippen LogP) is 2.51. The van der Waals surface area contributed by atoms with Gasteiger partial charge in [-0.3, -0.25) is 14.5 Å². The van der Waals surface area contributed by atoms with Crippen LogP contribution in [0.4, 0.5) is 11.5 Å². The molecule has 0 aliphatic heterocycles. The Morgan fingerprint density at radius 2 is 2.12 bits per heavy atom. The third-order valence-electron chi connectivity index (χ3n) is 5.58.